The van der Waals surface area contributed by atoms with Crippen molar-refractivity contribution in [3.8, 4) is 5.75 Å². The second kappa shape index (κ2) is 5.94. The molecular formula is C15H21NO4. The smallest absolute Gasteiger partial charge is 0.325 e. The third-order valence-electron chi connectivity index (χ3n) is 2.96. The molecule has 0 saturated heterocycles. The number of carbonyl (C=O) groups excluding carboxylic acids is 1. The van der Waals surface area contributed by atoms with Crippen LogP contribution in [0.5, 0.6) is 5.75 Å². The van der Waals surface area contributed by atoms with Gasteiger partial charge in [0.2, 0.25) is 0 Å². The molecule has 0 fully saturated rings. The first kappa shape index (κ1) is 16.0. The van der Waals surface area contributed by atoms with Crippen LogP contribution >= 0.6 is 0 Å². The van der Waals surface area contributed by atoms with Gasteiger partial charge in [0.05, 0.1) is 0 Å². The highest BCUT2D eigenvalue weighted by Crippen LogP contribution is 2.24. The van der Waals surface area contributed by atoms with Crippen LogP contribution in [0, 0.1) is 13.8 Å². The van der Waals surface area contributed by atoms with Crippen molar-refractivity contribution in [2.45, 2.75) is 46.3 Å². The van der Waals surface area contributed by atoms with E-state index in [9.17, 15) is 9.59 Å². The highest BCUT2D eigenvalue weighted by Gasteiger charge is 2.32. The summed E-state index contributed by atoms with van der Waals surface area (Å²) >= 11 is 0. The number of carbonyl (C=O) groups is 2. The van der Waals surface area contributed by atoms with Gasteiger partial charge in [-0.3, -0.25) is 9.59 Å². The molecule has 1 atom stereocenters. The molecule has 5 nitrogen and oxygen atoms in total. The van der Waals surface area contributed by atoms with Crippen molar-refractivity contribution in [3.05, 3.63) is 29.3 Å². The third kappa shape index (κ3) is 3.98. The predicted molar refractivity (Wildman–Crippen MR) is 75.9 cm³/mol. The van der Waals surface area contributed by atoms with Gasteiger partial charge in [-0.25, -0.2) is 0 Å². The minimum absolute atomic E-state index is 0.465. The Hall–Kier alpha value is -2.04. The second-order valence-electron chi connectivity index (χ2n) is 5.41. The van der Waals surface area contributed by atoms with Crippen LogP contribution in [-0.4, -0.2) is 28.6 Å². The Bertz CT molecular complexity index is 523. The summed E-state index contributed by atoms with van der Waals surface area (Å²) < 4.78 is 5.73. The first-order valence-corrected chi connectivity index (χ1v) is 6.43. The van der Waals surface area contributed by atoms with Gasteiger partial charge >= 0.3 is 5.97 Å². The van der Waals surface area contributed by atoms with E-state index >= 15 is 0 Å². The van der Waals surface area contributed by atoms with Gasteiger partial charge < -0.3 is 15.2 Å². The van der Waals surface area contributed by atoms with Gasteiger partial charge in [-0.05, 0) is 46.2 Å². The Balaban J connectivity index is 2.83. The summed E-state index contributed by atoms with van der Waals surface area (Å²) in [6, 6.07) is 4.71. The van der Waals surface area contributed by atoms with Gasteiger partial charge in [-0.15, -0.1) is 0 Å². The maximum atomic E-state index is 12.1. The lowest BCUT2D eigenvalue weighted by atomic mass is 10.1. The lowest BCUT2D eigenvalue weighted by Crippen LogP contribution is -2.51. The van der Waals surface area contributed by atoms with Crippen molar-refractivity contribution in [3.63, 3.8) is 0 Å². The molecule has 0 spiro atoms. The number of nitrogens with one attached hydrogen (secondary N) is 1. The van der Waals surface area contributed by atoms with Gasteiger partial charge in [-0.1, -0.05) is 17.7 Å². The molecule has 1 aromatic carbocycles. The van der Waals surface area contributed by atoms with E-state index in [1.807, 2.05) is 26.0 Å². The van der Waals surface area contributed by atoms with Gasteiger partial charge in [0.1, 0.15) is 11.8 Å². The SMILES string of the molecule is Cc1ccc(OC(C)(C)C(=O)NC(C)C(=O)O)c(C)c1. The standard InChI is InChI=1S/C15H21NO4/c1-9-6-7-12(10(2)8-9)20-15(4,5)14(19)16-11(3)13(17)18/h6-8,11H,1-5H3,(H,16,19)(H,17,18). The monoisotopic (exact) mass is 279 g/mol. The van der Waals surface area contributed by atoms with Crippen LogP contribution in [0.25, 0.3) is 0 Å². The zero-order valence-electron chi connectivity index (χ0n) is 12.5. The number of aryl methyl sites for hydroxylation is 2. The summed E-state index contributed by atoms with van der Waals surface area (Å²) in [7, 11) is 0. The third-order valence-corrected chi connectivity index (χ3v) is 2.96. The molecule has 0 aliphatic heterocycles. The molecule has 0 aliphatic carbocycles. The van der Waals surface area contributed by atoms with E-state index in [4.69, 9.17) is 9.84 Å². The average Bonchev–Trinajstić information content (AvgIpc) is 2.32. The Kier molecular flexibility index (Phi) is 4.76. The first-order chi connectivity index (χ1) is 9.13. The Morgan fingerprint density at radius 1 is 1.30 bits per heavy atom. The van der Waals surface area contributed by atoms with E-state index in [1.165, 1.54) is 6.92 Å². The minimum atomic E-state index is -1.15. The van der Waals surface area contributed by atoms with E-state index in [-0.39, 0.29) is 0 Å². The first-order valence-electron chi connectivity index (χ1n) is 6.43. The molecule has 5 heteroatoms. The van der Waals surface area contributed by atoms with Crippen LogP contribution in [0.4, 0.5) is 0 Å². The molecule has 0 bridgehead atoms. The van der Waals surface area contributed by atoms with E-state index in [2.05, 4.69) is 5.32 Å². The van der Waals surface area contributed by atoms with Crippen LogP contribution in [0.2, 0.25) is 0 Å². The van der Waals surface area contributed by atoms with Crippen LogP contribution in [0.3, 0.4) is 0 Å². The van der Waals surface area contributed by atoms with Crippen molar-refractivity contribution < 1.29 is 19.4 Å². The number of hydrogen-bond donors (Lipinski definition) is 2. The zero-order chi connectivity index (χ0) is 15.5. The number of benzene rings is 1. The fourth-order valence-electron chi connectivity index (χ4n) is 1.67. The molecule has 0 saturated carbocycles. The van der Waals surface area contributed by atoms with Gasteiger partial charge in [-0.2, -0.15) is 0 Å². The minimum Gasteiger partial charge on any atom is -0.480 e. The van der Waals surface area contributed by atoms with Crippen LogP contribution in [0.15, 0.2) is 18.2 Å². The van der Waals surface area contributed by atoms with E-state index in [0.29, 0.717) is 5.75 Å². The van der Waals surface area contributed by atoms with Crippen LogP contribution in [0.1, 0.15) is 31.9 Å². The molecule has 0 radical (unpaired) electrons. The Morgan fingerprint density at radius 3 is 2.40 bits per heavy atom. The Morgan fingerprint density at radius 2 is 1.90 bits per heavy atom. The fourth-order valence-corrected chi connectivity index (χ4v) is 1.67. The van der Waals surface area contributed by atoms with E-state index in [1.54, 1.807) is 19.9 Å². The maximum absolute atomic E-state index is 12.1. The maximum Gasteiger partial charge on any atom is 0.325 e. The number of carboxylic acids is 1. The average molecular weight is 279 g/mol. The summed E-state index contributed by atoms with van der Waals surface area (Å²) in [6.07, 6.45) is 0. The number of ether oxygens (including phenoxy) is 1. The van der Waals surface area contributed by atoms with Crippen molar-refractivity contribution in [1.29, 1.82) is 0 Å². The predicted octanol–water partition coefficient (Wildman–Crippen LogP) is 2.05. The molecule has 1 unspecified atom stereocenters. The molecule has 1 amide bonds. The highest BCUT2D eigenvalue weighted by atomic mass is 16.5. The molecule has 1 aromatic rings. The molecule has 0 aromatic heterocycles. The van der Waals surface area contributed by atoms with E-state index in [0.717, 1.165) is 11.1 Å². The second-order valence-corrected chi connectivity index (χ2v) is 5.41. The van der Waals surface area contributed by atoms with Crippen LogP contribution in [-0.2, 0) is 9.59 Å². The number of carboxylic acid groups (broad SMARTS) is 1. The van der Waals surface area contributed by atoms with Crippen molar-refractivity contribution in [2.24, 2.45) is 0 Å². The Labute approximate surface area is 118 Å². The summed E-state index contributed by atoms with van der Waals surface area (Å²) in [5.74, 6) is -0.938. The number of rotatable bonds is 5. The van der Waals surface area contributed by atoms with E-state index < -0.39 is 23.5 Å². The largest absolute Gasteiger partial charge is 0.480 e. The zero-order valence-corrected chi connectivity index (χ0v) is 12.5. The van der Waals surface area contributed by atoms with Crippen molar-refractivity contribution >= 4 is 11.9 Å². The summed E-state index contributed by atoms with van der Waals surface area (Å²) in [6.45, 7) is 8.50. The summed E-state index contributed by atoms with van der Waals surface area (Å²) in [5.41, 5.74) is 0.887. The molecule has 110 valence electrons. The quantitative estimate of drug-likeness (QED) is 0.865. The van der Waals surface area contributed by atoms with Gasteiger partial charge in [0, 0.05) is 0 Å². The topological polar surface area (TPSA) is 75.6 Å². The molecular weight excluding hydrogens is 258 g/mol. The lowest BCUT2D eigenvalue weighted by molar-refractivity contribution is -0.144. The van der Waals surface area contributed by atoms with Gasteiger partial charge in [0.25, 0.3) is 5.91 Å². The van der Waals surface area contributed by atoms with Crippen molar-refractivity contribution in [2.75, 3.05) is 0 Å². The molecule has 2 N–H and O–H groups in total. The van der Waals surface area contributed by atoms with Gasteiger partial charge in [0.15, 0.2) is 5.60 Å². The molecule has 1 rings (SSSR count). The lowest BCUT2D eigenvalue weighted by Gasteiger charge is -2.27. The number of aliphatic carboxylic acids is 1. The fraction of sp³-hybridized carbons (Fsp3) is 0.467. The highest BCUT2D eigenvalue weighted by molar-refractivity contribution is 5.88. The summed E-state index contributed by atoms with van der Waals surface area (Å²) in [4.78, 5) is 22.8. The number of amides is 1. The molecule has 0 aliphatic rings. The summed E-state index contributed by atoms with van der Waals surface area (Å²) in [5, 5.41) is 11.2. The van der Waals surface area contributed by atoms with Crippen LogP contribution < -0.4 is 10.1 Å². The number of hydrogen-bond acceptors (Lipinski definition) is 3. The molecule has 0 heterocycles. The molecule has 20 heavy (non-hydrogen) atoms. The van der Waals surface area contributed by atoms with Crippen molar-refractivity contribution in [1.82, 2.24) is 5.32 Å². The normalized spacial score (nSPS) is 12.7.